The Morgan fingerprint density at radius 1 is 1.13 bits per heavy atom. The van der Waals surface area contributed by atoms with E-state index in [0.29, 0.717) is 12.3 Å². The number of nitrogens with one attached hydrogen (secondary N) is 1. The number of sulfone groups is 1. The van der Waals surface area contributed by atoms with Crippen molar-refractivity contribution in [2.45, 2.75) is 46.0 Å². The van der Waals surface area contributed by atoms with Crippen molar-refractivity contribution >= 4 is 38.1 Å². The largest absolute Gasteiger partial charge is 0.361 e. The van der Waals surface area contributed by atoms with Gasteiger partial charge in [-0.3, -0.25) is 4.79 Å². The Bertz CT molecular complexity index is 1120. The van der Waals surface area contributed by atoms with Gasteiger partial charge in [-0.05, 0) is 66.6 Å². The number of aromatic amines is 1. The fourth-order valence-corrected chi connectivity index (χ4v) is 3.95. The molecular weight excluding hydrogens is 418 g/mol. The Kier molecular flexibility index (Phi) is 8.27. The molecule has 1 heterocycles. The van der Waals surface area contributed by atoms with Crippen molar-refractivity contribution in [3.8, 4) is 0 Å². The quantitative estimate of drug-likeness (QED) is 0.492. The van der Waals surface area contributed by atoms with Gasteiger partial charge in [-0.25, -0.2) is 8.42 Å². The van der Waals surface area contributed by atoms with Crippen molar-refractivity contribution in [2.24, 2.45) is 0 Å². The summed E-state index contributed by atoms with van der Waals surface area (Å²) in [6.45, 7) is 6.07. The lowest BCUT2D eigenvalue weighted by atomic mass is 9.92. The molecule has 0 amide bonds. The third kappa shape index (κ3) is 6.19. The maximum Gasteiger partial charge on any atom is 0.165 e. The summed E-state index contributed by atoms with van der Waals surface area (Å²) >= 11 is 6.07. The number of benzene rings is 2. The highest BCUT2D eigenvalue weighted by molar-refractivity contribution is 7.89. The number of carbonyl (C=O) groups excluding carboxylic acids is 1. The summed E-state index contributed by atoms with van der Waals surface area (Å²) in [6, 6.07) is 12.1. The Balaban J connectivity index is 0.000000404. The first-order chi connectivity index (χ1) is 14.1. The number of halogens is 1. The number of ketones is 1. The molecule has 3 aromatic rings. The Hall–Kier alpha value is -2.11. The summed E-state index contributed by atoms with van der Waals surface area (Å²) in [5.74, 6) is 0.520. The van der Waals surface area contributed by atoms with Crippen molar-refractivity contribution in [1.82, 2.24) is 4.98 Å². The van der Waals surface area contributed by atoms with Crippen molar-refractivity contribution < 1.29 is 13.2 Å². The zero-order chi connectivity index (χ0) is 22.5. The zero-order valence-corrected chi connectivity index (χ0v) is 19.8. The molecule has 30 heavy (non-hydrogen) atoms. The molecule has 0 bridgehead atoms. The van der Waals surface area contributed by atoms with Gasteiger partial charge in [0.15, 0.2) is 5.78 Å². The van der Waals surface area contributed by atoms with Gasteiger partial charge < -0.3 is 4.98 Å². The van der Waals surface area contributed by atoms with Crippen molar-refractivity contribution in [1.29, 1.82) is 0 Å². The lowest BCUT2D eigenvalue weighted by molar-refractivity contribution is 0.0975. The molecule has 4 nitrogen and oxygen atoms in total. The molecule has 2 aromatic carbocycles. The number of aromatic nitrogens is 1. The predicted octanol–water partition coefficient (Wildman–Crippen LogP) is 6.12. The molecule has 0 unspecified atom stereocenters. The van der Waals surface area contributed by atoms with E-state index in [1.807, 2.05) is 50.4 Å². The lowest BCUT2D eigenvalue weighted by Crippen LogP contribution is -2.06. The molecule has 0 radical (unpaired) electrons. The highest BCUT2D eigenvalue weighted by atomic mass is 35.5. The summed E-state index contributed by atoms with van der Waals surface area (Å²) in [5.41, 5.74) is 5.54. The minimum Gasteiger partial charge on any atom is -0.361 e. The van der Waals surface area contributed by atoms with Crippen LogP contribution in [0.5, 0.6) is 0 Å². The van der Waals surface area contributed by atoms with Gasteiger partial charge in [-0.1, -0.05) is 37.6 Å². The van der Waals surface area contributed by atoms with Gasteiger partial charge in [0, 0.05) is 41.1 Å². The van der Waals surface area contributed by atoms with Crippen LogP contribution in [-0.4, -0.2) is 31.7 Å². The van der Waals surface area contributed by atoms with Crippen molar-refractivity contribution in [2.75, 3.05) is 12.5 Å². The normalized spacial score (nSPS) is 14.9. The van der Waals surface area contributed by atoms with Crippen LogP contribution in [0, 0.1) is 6.92 Å². The van der Waals surface area contributed by atoms with Crippen LogP contribution < -0.4 is 0 Å². The third-order valence-electron chi connectivity index (χ3n) is 4.98. The van der Waals surface area contributed by atoms with E-state index in [2.05, 4.69) is 18.0 Å². The molecule has 6 heteroatoms. The van der Waals surface area contributed by atoms with Crippen LogP contribution in [0.3, 0.4) is 0 Å². The molecule has 1 N–H and O–H groups in total. The van der Waals surface area contributed by atoms with Crippen LogP contribution in [-0.2, 0) is 16.3 Å². The molecule has 0 aliphatic heterocycles. The topological polar surface area (TPSA) is 67.0 Å². The number of hydrogen-bond donors (Lipinski definition) is 1. The van der Waals surface area contributed by atoms with Gasteiger partial charge >= 0.3 is 0 Å². The highest BCUT2D eigenvalue weighted by Crippen LogP contribution is 2.38. The van der Waals surface area contributed by atoms with Crippen LogP contribution in [0.2, 0.25) is 5.02 Å². The van der Waals surface area contributed by atoms with E-state index in [-0.39, 0.29) is 5.78 Å². The Morgan fingerprint density at radius 2 is 1.80 bits per heavy atom. The summed E-state index contributed by atoms with van der Waals surface area (Å²) in [5, 5.41) is 1.91. The van der Waals surface area contributed by atoms with E-state index >= 15 is 0 Å². The average Bonchev–Trinajstić information content (AvgIpc) is 3.30. The Labute approximate surface area is 184 Å². The van der Waals surface area contributed by atoms with Crippen molar-refractivity contribution in [3.05, 3.63) is 69.9 Å². The van der Waals surface area contributed by atoms with Gasteiger partial charge in [-0.2, -0.15) is 0 Å². The maximum atomic E-state index is 12.9. The minimum atomic E-state index is -2.67. The van der Waals surface area contributed by atoms with Gasteiger partial charge in [0.05, 0.1) is 5.52 Å². The number of carbonyl (C=O) groups is 1. The summed E-state index contributed by atoms with van der Waals surface area (Å²) in [7, 11) is -2.67. The number of hydrogen-bond acceptors (Lipinski definition) is 3. The molecule has 0 spiro atoms. The van der Waals surface area contributed by atoms with Gasteiger partial charge in [0.2, 0.25) is 0 Å². The second-order valence-electron chi connectivity index (χ2n) is 7.55. The summed E-state index contributed by atoms with van der Waals surface area (Å²) in [4.78, 5) is 16.1. The maximum absolute atomic E-state index is 12.9. The molecule has 0 fully saturated rings. The number of H-pyrrole nitrogens is 1. The smallest absolute Gasteiger partial charge is 0.165 e. The van der Waals surface area contributed by atoms with Crippen LogP contribution in [0.25, 0.3) is 10.9 Å². The number of fused-ring (bicyclic) bond motifs is 2. The van der Waals surface area contributed by atoms with E-state index in [4.69, 9.17) is 11.6 Å². The zero-order valence-electron chi connectivity index (χ0n) is 18.3. The van der Waals surface area contributed by atoms with Crippen LogP contribution in [0.15, 0.2) is 42.6 Å². The first kappa shape index (κ1) is 24.2. The lowest BCUT2D eigenvalue weighted by Gasteiger charge is -2.12. The number of rotatable bonds is 3. The molecule has 1 atom stereocenters. The van der Waals surface area contributed by atoms with E-state index in [1.54, 1.807) is 0 Å². The number of Topliss-reactive ketones (excluding diaryl/α,β-unsaturated/α-hetero) is 1. The first-order valence-electron chi connectivity index (χ1n) is 10.2. The Morgan fingerprint density at radius 3 is 2.47 bits per heavy atom. The van der Waals surface area contributed by atoms with Gasteiger partial charge in [0.25, 0.3) is 0 Å². The summed E-state index contributed by atoms with van der Waals surface area (Å²) in [6.07, 6.45) is 6.83. The molecule has 4 rings (SSSR count). The summed E-state index contributed by atoms with van der Waals surface area (Å²) < 4.78 is 19.3. The van der Waals surface area contributed by atoms with E-state index in [1.165, 1.54) is 16.7 Å². The highest BCUT2D eigenvalue weighted by Gasteiger charge is 2.26. The van der Waals surface area contributed by atoms with E-state index in [0.717, 1.165) is 46.8 Å². The average molecular weight is 448 g/mol. The molecule has 1 aliphatic rings. The molecule has 162 valence electrons. The minimum absolute atomic E-state index is 0.213. The van der Waals surface area contributed by atoms with Crippen LogP contribution >= 0.6 is 11.6 Å². The van der Waals surface area contributed by atoms with Gasteiger partial charge in [-0.15, -0.1) is 0 Å². The molecular formula is C24H30ClNO3S. The van der Waals surface area contributed by atoms with Crippen LogP contribution in [0.1, 0.15) is 59.7 Å². The standard InChI is InChI=1S/C20H18ClNO.C2H6O2S.C2H6/c1-12-2-6-18(20-16(12)8-9-22-20)19(23)11-14-4-3-13-10-15(21)5-7-17(13)14;1-5(2,3)4;1-2/h2,5-10,14,22H,3-4,11H2,1H3;1-2H3;1-2H3/t14-;;/m0../s1. The fourth-order valence-electron chi connectivity index (χ4n) is 3.75. The molecule has 1 aliphatic carbocycles. The van der Waals surface area contributed by atoms with Gasteiger partial charge in [0.1, 0.15) is 9.84 Å². The predicted molar refractivity (Wildman–Crippen MR) is 127 cm³/mol. The monoisotopic (exact) mass is 447 g/mol. The SMILES string of the molecule is CC.CS(C)(=O)=O.Cc1ccc(C(=O)C[C@@H]2CCc3cc(Cl)ccc32)c2[nH]ccc12. The van der Waals surface area contributed by atoms with E-state index < -0.39 is 9.84 Å². The van der Waals surface area contributed by atoms with Crippen molar-refractivity contribution in [3.63, 3.8) is 0 Å². The first-order valence-corrected chi connectivity index (χ1v) is 12.8. The molecule has 0 saturated carbocycles. The molecule has 0 saturated heterocycles. The van der Waals surface area contributed by atoms with E-state index in [9.17, 15) is 13.2 Å². The molecule has 1 aromatic heterocycles. The van der Waals surface area contributed by atoms with Crippen LogP contribution in [0.4, 0.5) is 0 Å². The fraction of sp³-hybridized carbons (Fsp3) is 0.375. The second-order valence-corrected chi connectivity index (χ2v) is 10.3. The second kappa shape index (κ2) is 10.3. The number of aryl methyl sites for hydroxylation is 2. The third-order valence-corrected chi connectivity index (χ3v) is 5.22.